The van der Waals surface area contributed by atoms with Crippen molar-refractivity contribution < 1.29 is 13.2 Å². The second-order valence-corrected chi connectivity index (χ2v) is 7.79. The summed E-state index contributed by atoms with van der Waals surface area (Å²) in [6.07, 6.45) is 1.21. The third-order valence-corrected chi connectivity index (χ3v) is 5.42. The van der Waals surface area contributed by atoms with Crippen LogP contribution in [0.4, 0.5) is 5.69 Å². The lowest BCUT2D eigenvalue weighted by Crippen LogP contribution is -2.50. The molecule has 2 rings (SSSR count). The fourth-order valence-electron chi connectivity index (χ4n) is 2.35. The van der Waals surface area contributed by atoms with Crippen LogP contribution < -0.4 is 5.32 Å². The quantitative estimate of drug-likeness (QED) is 0.889. The SMILES string of the molecule is Cc1c(Cl)cccc1NC(=O)CN1CCN(S(C)(=O)=O)CC1. The number of nitrogens with zero attached hydrogens (tertiary/aromatic N) is 2. The number of piperazine rings is 1. The van der Waals surface area contributed by atoms with Gasteiger partial charge in [0, 0.05) is 36.9 Å². The molecule has 1 aromatic rings. The number of amides is 1. The molecule has 0 aliphatic carbocycles. The molecule has 1 amide bonds. The molecule has 1 fully saturated rings. The van der Waals surface area contributed by atoms with Gasteiger partial charge in [-0.3, -0.25) is 9.69 Å². The highest BCUT2D eigenvalue weighted by Gasteiger charge is 2.24. The van der Waals surface area contributed by atoms with Gasteiger partial charge in [0.05, 0.1) is 12.8 Å². The van der Waals surface area contributed by atoms with Gasteiger partial charge in [-0.2, -0.15) is 4.31 Å². The Morgan fingerprint density at radius 2 is 1.91 bits per heavy atom. The number of rotatable bonds is 4. The molecular formula is C14H20ClN3O3S. The molecule has 1 aliphatic heterocycles. The molecule has 0 atom stereocenters. The number of carbonyl (C=O) groups is 1. The van der Waals surface area contributed by atoms with Crippen LogP contribution in [0.25, 0.3) is 0 Å². The van der Waals surface area contributed by atoms with Gasteiger partial charge in [-0.05, 0) is 24.6 Å². The van der Waals surface area contributed by atoms with Gasteiger partial charge >= 0.3 is 0 Å². The van der Waals surface area contributed by atoms with Crippen LogP contribution in [-0.4, -0.2) is 62.5 Å². The number of hydrogen-bond acceptors (Lipinski definition) is 4. The molecule has 1 heterocycles. The van der Waals surface area contributed by atoms with E-state index in [0.29, 0.717) is 36.9 Å². The van der Waals surface area contributed by atoms with Crippen molar-refractivity contribution in [3.63, 3.8) is 0 Å². The molecule has 1 aromatic carbocycles. The lowest BCUT2D eigenvalue weighted by atomic mass is 10.2. The van der Waals surface area contributed by atoms with E-state index < -0.39 is 10.0 Å². The fraction of sp³-hybridized carbons (Fsp3) is 0.500. The van der Waals surface area contributed by atoms with Crippen molar-refractivity contribution in [2.45, 2.75) is 6.92 Å². The summed E-state index contributed by atoms with van der Waals surface area (Å²) in [5.74, 6) is -0.127. The number of carbonyl (C=O) groups excluding carboxylic acids is 1. The molecule has 1 saturated heterocycles. The highest BCUT2D eigenvalue weighted by Crippen LogP contribution is 2.22. The molecule has 0 radical (unpaired) electrons. The van der Waals surface area contributed by atoms with Crippen molar-refractivity contribution in [3.8, 4) is 0 Å². The van der Waals surface area contributed by atoms with Crippen LogP contribution in [0.5, 0.6) is 0 Å². The second kappa shape index (κ2) is 6.95. The average Bonchev–Trinajstić information content (AvgIpc) is 2.43. The smallest absolute Gasteiger partial charge is 0.238 e. The molecular weight excluding hydrogens is 326 g/mol. The van der Waals surface area contributed by atoms with Gasteiger partial charge < -0.3 is 5.32 Å². The second-order valence-electron chi connectivity index (χ2n) is 5.40. The van der Waals surface area contributed by atoms with Crippen LogP contribution >= 0.6 is 11.6 Å². The molecule has 1 aliphatic rings. The minimum absolute atomic E-state index is 0.127. The zero-order valence-corrected chi connectivity index (χ0v) is 14.2. The summed E-state index contributed by atoms with van der Waals surface area (Å²) in [4.78, 5) is 14.0. The molecule has 0 unspecified atom stereocenters. The summed E-state index contributed by atoms with van der Waals surface area (Å²) in [6, 6.07) is 5.37. The third-order valence-electron chi connectivity index (χ3n) is 3.71. The Morgan fingerprint density at radius 3 is 2.50 bits per heavy atom. The lowest BCUT2D eigenvalue weighted by Gasteiger charge is -2.32. The van der Waals surface area contributed by atoms with Crippen molar-refractivity contribution in [1.29, 1.82) is 0 Å². The molecule has 8 heteroatoms. The minimum Gasteiger partial charge on any atom is -0.325 e. The lowest BCUT2D eigenvalue weighted by molar-refractivity contribution is -0.117. The van der Waals surface area contributed by atoms with Crippen LogP contribution in [-0.2, 0) is 14.8 Å². The topological polar surface area (TPSA) is 69.7 Å². The van der Waals surface area contributed by atoms with Crippen LogP contribution in [0.3, 0.4) is 0 Å². The fourth-order valence-corrected chi connectivity index (χ4v) is 3.36. The molecule has 122 valence electrons. The van der Waals surface area contributed by atoms with E-state index in [1.54, 1.807) is 18.2 Å². The maximum Gasteiger partial charge on any atom is 0.238 e. The average molecular weight is 346 g/mol. The van der Waals surface area contributed by atoms with E-state index in [0.717, 1.165) is 5.56 Å². The van der Waals surface area contributed by atoms with Crippen molar-refractivity contribution in [2.24, 2.45) is 0 Å². The first-order chi connectivity index (χ1) is 10.3. The molecule has 0 spiro atoms. The van der Waals surface area contributed by atoms with E-state index in [-0.39, 0.29) is 12.5 Å². The summed E-state index contributed by atoms with van der Waals surface area (Å²) in [5, 5.41) is 3.45. The Labute approximate surface area is 136 Å². The van der Waals surface area contributed by atoms with Crippen LogP contribution in [0, 0.1) is 6.92 Å². The van der Waals surface area contributed by atoms with E-state index in [4.69, 9.17) is 11.6 Å². The highest BCUT2D eigenvalue weighted by atomic mass is 35.5. The molecule has 22 heavy (non-hydrogen) atoms. The normalized spacial score (nSPS) is 17.4. The van der Waals surface area contributed by atoms with Crippen LogP contribution in [0.15, 0.2) is 18.2 Å². The van der Waals surface area contributed by atoms with E-state index in [2.05, 4.69) is 5.32 Å². The summed E-state index contributed by atoms with van der Waals surface area (Å²) in [6.45, 7) is 4.03. The van der Waals surface area contributed by atoms with Gasteiger partial charge in [0.1, 0.15) is 0 Å². The van der Waals surface area contributed by atoms with Crippen molar-refractivity contribution in [2.75, 3.05) is 44.3 Å². The third kappa shape index (κ3) is 4.42. The number of nitrogens with one attached hydrogen (secondary N) is 1. The Balaban J connectivity index is 1.87. The predicted octanol–water partition coefficient (Wildman–Crippen LogP) is 1.16. The van der Waals surface area contributed by atoms with Gasteiger partial charge in [0.15, 0.2) is 0 Å². The first kappa shape index (κ1) is 17.2. The Morgan fingerprint density at radius 1 is 1.27 bits per heavy atom. The number of hydrogen-bond donors (Lipinski definition) is 1. The van der Waals surface area contributed by atoms with Crippen LogP contribution in [0.2, 0.25) is 5.02 Å². The van der Waals surface area contributed by atoms with Crippen molar-refractivity contribution in [3.05, 3.63) is 28.8 Å². The molecule has 0 saturated carbocycles. The predicted molar refractivity (Wildman–Crippen MR) is 87.7 cm³/mol. The zero-order chi connectivity index (χ0) is 16.3. The number of halogens is 1. The highest BCUT2D eigenvalue weighted by molar-refractivity contribution is 7.88. The van der Waals surface area contributed by atoms with E-state index in [9.17, 15) is 13.2 Å². The maximum atomic E-state index is 12.1. The summed E-state index contributed by atoms with van der Waals surface area (Å²) >= 11 is 6.02. The number of sulfonamides is 1. The maximum absolute atomic E-state index is 12.1. The first-order valence-electron chi connectivity index (χ1n) is 7.00. The monoisotopic (exact) mass is 345 g/mol. The van der Waals surface area contributed by atoms with Crippen LogP contribution in [0.1, 0.15) is 5.56 Å². The van der Waals surface area contributed by atoms with Crippen molar-refractivity contribution >= 4 is 33.2 Å². The van der Waals surface area contributed by atoms with E-state index in [1.165, 1.54) is 10.6 Å². The molecule has 0 bridgehead atoms. The van der Waals surface area contributed by atoms with Crippen molar-refractivity contribution in [1.82, 2.24) is 9.21 Å². The Hall–Kier alpha value is -1.15. The van der Waals surface area contributed by atoms with E-state index in [1.807, 2.05) is 11.8 Å². The Bertz CT molecular complexity index is 655. The number of anilines is 1. The van der Waals surface area contributed by atoms with Gasteiger partial charge in [-0.15, -0.1) is 0 Å². The van der Waals surface area contributed by atoms with Gasteiger partial charge in [0.25, 0.3) is 0 Å². The molecule has 0 aromatic heterocycles. The standard InChI is InChI=1S/C14H20ClN3O3S/c1-11-12(15)4-3-5-13(11)16-14(19)10-17-6-8-18(9-7-17)22(2,20)21/h3-5H,6-10H2,1-2H3,(H,16,19). The summed E-state index contributed by atoms with van der Waals surface area (Å²) < 4.78 is 24.3. The largest absolute Gasteiger partial charge is 0.325 e. The number of benzene rings is 1. The zero-order valence-electron chi connectivity index (χ0n) is 12.7. The Kier molecular flexibility index (Phi) is 5.44. The van der Waals surface area contributed by atoms with Gasteiger partial charge in [0.2, 0.25) is 15.9 Å². The minimum atomic E-state index is -3.15. The molecule has 1 N–H and O–H groups in total. The van der Waals surface area contributed by atoms with E-state index >= 15 is 0 Å². The summed E-state index contributed by atoms with van der Waals surface area (Å²) in [5.41, 5.74) is 1.53. The summed E-state index contributed by atoms with van der Waals surface area (Å²) in [7, 11) is -3.15. The first-order valence-corrected chi connectivity index (χ1v) is 9.22. The van der Waals surface area contributed by atoms with Gasteiger partial charge in [-0.25, -0.2) is 8.42 Å². The van der Waals surface area contributed by atoms with Gasteiger partial charge in [-0.1, -0.05) is 17.7 Å². The molecule has 6 nitrogen and oxygen atoms in total.